The first-order valence-corrected chi connectivity index (χ1v) is 13.4. The normalized spacial score (nSPS) is 32.4. The summed E-state index contributed by atoms with van der Waals surface area (Å²) in [5, 5.41) is 9.85. The topological polar surface area (TPSA) is 87.2 Å². The fraction of sp³-hybridized carbons (Fsp3) is 0.560. The first-order chi connectivity index (χ1) is 16.3. The number of halogens is 1. The number of hydrogen-bond donors (Lipinski definition) is 1. The number of alkyl halides is 1. The van der Waals surface area contributed by atoms with Crippen LogP contribution in [0.3, 0.4) is 0 Å². The van der Waals surface area contributed by atoms with E-state index in [1.165, 1.54) is 4.90 Å². The predicted molar refractivity (Wildman–Crippen MR) is 134 cm³/mol. The van der Waals surface area contributed by atoms with Gasteiger partial charge in [-0.2, -0.15) is 0 Å². The second-order valence-electron chi connectivity index (χ2n) is 9.19. The highest BCUT2D eigenvalue weighted by Gasteiger charge is 2.76. The van der Waals surface area contributed by atoms with Gasteiger partial charge in [-0.1, -0.05) is 52.3 Å². The molecule has 0 aliphatic carbocycles. The zero-order valence-electron chi connectivity index (χ0n) is 19.4. The summed E-state index contributed by atoms with van der Waals surface area (Å²) in [6.45, 7) is 7.99. The number of esters is 1. The van der Waals surface area contributed by atoms with Crippen molar-refractivity contribution < 1.29 is 24.2 Å². The quantitative estimate of drug-likeness (QED) is 0.289. The van der Waals surface area contributed by atoms with E-state index in [1.54, 1.807) is 36.6 Å². The summed E-state index contributed by atoms with van der Waals surface area (Å²) < 4.78 is 4.60. The lowest BCUT2D eigenvalue weighted by Gasteiger charge is -2.39. The SMILES string of the molecule is C=CCN(Cc1ccccc1)C(=O)C1N([C@H](C)CO)C(=O)[C@@H]2[C@H](C(=O)OCC)[C@H]3SC12CC3Br. The molecule has 7 atom stereocenters. The van der Waals surface area contributed by atoms with Gasteiger partial charge in [0.05, 0.1) is 35.8 Å². The Morgan fingerprint density at radius 1 is 1.41 bits per heavy atom. The molecule has 2 bridgehead atoms. The van der Waals surface area contributed by atoms with Gasteiger partial charge in [0.25, 0.3) is 0 Å². The van der Waals surface area contributed by atoms with Crippen molar-refractivity contribution in [3.63, 3.8) is 0 Å². The van der Waals surface area contributed by atoms with Crippen molar-refractivity contribution in [1.82, 2.24) is 9.80 Å². The van der Waals surface area contributed by atoms with Crippen molar-refractivity contribution >= 4 is 45.5 Å². The average Bonchev–Trinajstić information content (AvgIpc) is 3.42. The minimum absolute atomic E-state index is 0.0161. The molecule has 3 unspecified atom stereocenters. The second kappa shape index (κ2) is 10.0. The molecule has 1 aromatic carbocycles. The van der Waals surface area contributed by atoms with Crippen LogP contribution in [-0.4, -0.2) is 79.4 Å². The van der Waals surface area contributed by atoms with E-state index in [-0.39, 0.29) is 41.1 Å². The number of thioether (sulfide) groups is 1. The predicted octanol–water partition coefficient (Wildman–Crippen LogP) is 2.61. The minimum atomic E-state index is -0.787. The molecule has 4 rings (SSSR count). The van der Waals surface area contributed by atoms with Crippen LogP contribution >= 0.6 is 27.7 Å². The summed E-state index contributed by atoms with van der Waals surface area (Å²) >= 11 is 5.30. The molecule has 3 fully saturated rings. The van der Waals surface area contributed by atoms with Gasteiger partial charge < -0.3 is 19.6 Å². The van der Waals surface area contributed by atoms with Crippen LogP contribution in [0, 0.1) is 11.8 Å². The number of carbonyl (C=O) groups excluding carboxylic acids is 3. The van der Waals surface area contributed by atoms with Crippen molar-refractivity contribution in [3.8, 4) is 0 Å². The lowest BCUT2D eigenvalue weighted by Crippen LogP contribution is -2.57. The average molecular weight is 552 g/mol. The van der Waals surface area contributed by atoms with Gasteiger partial charge in [-0.15, -0.1) is 18.3 Å². The molecule has 0 radical (unpaired) electrons. The van der Waals surface area contributed by atoms with Crippen LogP contribution in [0.2, 0.25) is 0 Å². The van der Waals surface area contributed by atoms with Crippen LogP contribution in [0.1, 0.15) is 25.8 Å². The lowest BCUT2D eigenvalue weighted by atomic mass is 9.71. The summed E-state index contributed by atoms with van der Waals surface area (Å²) in [5.41, 5.74) is 0.976. The molecule has 34 heavy (non-hydrogen) atoms. The largest absolute Gasteiger partial charge is 0.466 e. The number of nitrogens with zero attached hydrogens (tertiary/aromatic N) is 2. The Morgan fingerprint density at radius 3 is 2.74 bits per heavy atom. The van der Waals surface area contributed by atoms with E-state index >= 15 is 0 Å². The van der Waals surface area contributed by atoms with E-state index in [1.807, 2.05) is 30.3 Å². The number of ether oxygens (including phenoxy) is 1. The maximum Gasteiger partial charge on any atom is 0.310 e. The lowest BCUT2D eigenvalue weighted by molar-refractivity contribution is -0.154. The molecular weight excluding hydrogens is 520 g/mol. The Labute approximate surface area is 213 Å². The summed E-state index contributed by atoms with van der Waals surface area (Å²) in [7, 11) is 0. The summed E-state index contributed by atoms with van der Waals surface area (Å²) in [6, 6.07) is 8.35. The number of benzene rings is 1. The number of rotatable bonds is 9. The molecule has 9 heteroatoms. The molecule has 0 saturated carbocycles. The first kappa shape index (κ1) is 25.3. The third kappa shape index (κ3) is 3.99. The molecule has 184 valence electrons. The molecular formula is C25H31BrN2O5S. The Bertz CT molecular complexity index is 962. The monoisotopic (exact) mass is 550 g/mol. The van der Waals surface area contributed by atoms with Crippen LogP contribution < -0.4 is 0 Å². The van der Waals surface area contributed by atoms with Crippen LogP contribution in [-0.2, 0) is 25.7 Å². The summed E-state index contributed by atoms with van der Waals surface area (Å²) in [4.78, 5) is 44.3. The molecule has 1 spiro atoms. The van der Waals surface area contributed by atoms with Crippen molar-refractivity contribution in [2.75, 3.05) is 19.8 Å². The maximum atomic E-state index is 14.2. The number of hydrogen-bond acceptors (Lipinski definition) is 6. The molecule has 7 nitrogen and oxygen atoms in total. The zero-order valence-corrected chi connectivity index (χ0v) is 21.8. The smallest absolute Gasteiger partial charge is 0.310 e. The van der Waals surface area contributed by atoms with Crippen LogP contribution in [0.5, 0.6) is 0 Å². The van der Waals surface area contributed by atoms with Crippen molar-refractivity contribution in [2.45, 2.75) is 53.7 Å². The minimum Gasteiger partial charge on any atom is -0.466 e. The van der Waals surface area contributed by atoms with E-state index in [9.17, 15) is 19.5 Å². The first-order valence-electron chi connectivity index (χ1n) is 11.7. The molecule has 2 amide bonds. The van der Waals surface area contributed by atoms with E-state index < -0.39 is 28.7 Å². The van der Waals surface area contributed by atoms with Gasteiger partial charge in [0.1, 0.15) is 6.04 Å². The zero-order chi connectivity index (χ0) is 24.6. The third-order valence-corrected chi connectivity index (χ3v) is 10.4. The second-order valence-corrected chi connectivity index (χ2v) is 11.9. The van der Waals surface area contributed by atoms with Gasteiger partial charge in [-0.25, -0.2) is 0 Å². The van der Waals surface area contributed by atoms with Gasteiger partial charge in [0.15, 0.2) is 0 Å². The van der Waals surface area contributed by atoms with E-state index in [2.05, 4.69) is 22.5 Å². The van der Waals surface area contributed by atoms with E-state index in [0.717, 1.165) is 5.56 Å². The molecule has 3 saturated heterocycles. The number of aliphatic hydroxyl groups is 1. The standard InChI is InChI=1S/C25H31BrN2O5S/c1-4-11-27(13-16-9-7-6-8-10-16)23(31)21-25-12-17(26)20(34-25)18(24(32)33-5-2)19(25)22(30)28(21)15(3)14-29/h4,6-10,15,17-21,29H,1,5,11-14H2,2-3H3/t15-,17?,18+,19+,20+,21?,25?/m1/s1. The molecule has 0 aromatic heterocycles. The highest BCUT2D eigenvalue weighted by molar-refractivity contribution is 9.09. The fourth-order valence-electron chi connectivity index (χ4n) is 5.78. The van der Waals surface area contributed by atoms with Gasteiger partial charge in [-0.05, 0) is 25.8 Å². The van der Waals surface area contributed by atoms with Crippen molar-refractivity contribution in [3.05, 3.63) is 48.6 Å². The fourth-order valence-corrected chi connectivity index (χ4v) is 9.36. The Balaban J connectivity index is 1.76. The van der Waals surface area contributed by atoms with Gasteiger partial charge in [0, 0.05) is 23.2 Å². The number of aliphatic hydroxyl groups excluding tert-OH is 1. The number of carbonyl (C=O) groups is 3. The van der Waals surface area contributed by atoms with Crippen molar-refractivity contribution in [2.24, 2.45) is 11.8 Å². The van der Waals surface area contributed by atoms with Gasteiger partial charge in [0.2, 0.25) is 11.8 Å². The molecule has 1 aromatic rings. The molecule has 3 aliphatic heterocycles. The molecule has 3 aliphatic rings. The molecule has 3 heterocycles. The van der Waals surface area contributed by atoms with Crippen molar-refractivity contribution in [1.29, 1.82) is 0 Å². The van der Waals surface area contributed by atoms with Gasteiger partial charge >= 0.3 is 5.97 Å². The Hall–Kier alpha value is -1.84. The van der Waals surface area contributed by atoms with Crippen LogP contribution in [0.15, 0.2) is 43.0 Å². The highest BCUT2D eigenvalue weighted by Crippen LogP contribution is 2.68. The van der Waals surface area contributed by atoms with Gasteiger partial charge in [-0.3, -0.25) is 14.4 Å². The summed E-state index contributed by atoms with van der Waals surface area (Å²) in [5.74, 6) is -2.09. The van der Waals surface area contributed by atoms with Crippen LogP contribution in [0.25, 0.3) is 0 Å². The third-order valence-electron chi connectivity index (χ3n) is 7.14. The highest BCUT2D eigenvalue weighted by atomic mass is 79.9. The van der Waals surface area contributed by atoms with E-state index in [0.29, 0.717) is 19.5 Å². The molecule has 1 N–H and O–H groups in total. The number of fused-ring (bicyclic) bond motifs is 1. The summed E-state index contributed by atoms with van der Waals surface area (Å²) in [6.07, 6.45) is 2.27. The Morgan fingerprint density at radius 2 is 2.12 bits per heavy atom. The Kier molecular flexibility index (Phi) is 7.45. The van der Waals surface area contributed by atoms with Crippen LogP contribution in [0.4, 0.5) is 0 Å². The van der Waals surface area contributed by atoms with E-state index in [4.69, 9.17) is 4.74 Å². The number of likely N-dealkylation sites (tertiary alicyclic amines) is 1. The number of amides is 2. The maximum absolute atomic E-state index is 14.2.